The molecule has 2 amide bonds. The number of hydrogen-bond donors (Lipinski definition) is 2. The Labute approximate surface area is 126 Å². The first-order valence-corrected chi connectivity index (χ1v) is 7.04. The van der Waals surface area contributed by atoms with E-state index in [1.807, 2.05) is 18.2 Å². The van der Waals surface area contributed by atoms with E-state index in [9.17, 15) is 22.8 Å². The molecule has 0 aromatic heterocycles. The summed E-state index contributed by atoms with van der Waals surface area (Å²) in [5.74, 6) is -1.25. The van der Waals surface area contributed by atoms with E-state index in [-0.39, 0.29) is 12.3 Å². The molecule has 0 unspecified atom stereocenters. The van der Waals surface area contributed by atoms with Crippen molar-refractivity contribution < 1.29 is 22.8 Å². The molecule has 0 heterocycles. The number of fused-ring (bicyclic) bond motifs is 1. The van der Waals surface area contributed by atoms with Crippen molar-refractivity contribution in [3.8, 4) is 0 Å². The van der Waals surface area contributed by atoms with E-state index in [4.69, 9.17) is 0 Å². The van der Waals surface area contributed by atoms with Crippen LogP contribution in [0, 0.1) is 0 Å². The molecule has 0 bridgehead atoms. The normalized spacial score (nSPS) is 13.6. The number of nitrogens with one attached hydrogen (secondary N) is 2. The van der Waals surface area contributed by atoms with Gasteiger partial charge in [0.2, 0.25) is 11.8 Å². The molecule has 0 saturated heterocycles. The summed E-state index contributed by atoms with van der Waals surface area (Å²) < 4.78 is 35.7. The van der Waals surface area contributed by atoms with Crippen molar-refractivity contribution in [1.82, 2.24) is 10.6 Å². The third-order valence-corrected chi connectivity index (χ3v) is 3.46. The second kappa shape index (κ2) is 6.81. The number of halogens is 3. The Morgan fingerprint density at radius 1 is 1.05 bits per heavy atom. The summed E-state index contributed by atoms with van der Waals surface area (Å²) in [5.41, 5.74) is 3.39. The summed E-state index contributed by atoms with van der Waals surface area (Å²) >= 11 is 0. The van der Waals surface area contributed by atoms with E-state index in [0.717, 1.165) is 24.8 Å². The molecule has 0 atom stereocenters. The van der Waals surface area contributed by atoms with Crippen molar-refractivity contribution in [2.45, 2.75) is 31.9 Å². The fraction of sp³-hybridized carbons (Fsp3) is 0.467. The third kappa shape index (κ3) is 5.05. The van der Waals surface area contributed by atoms with Crippen molar-refractivity contribution in [2.24, 2.45) is 0 Å². The summed E-state index contributed by atoms with van der Waals surface area (Å²) in [4.78, 5) is 22.9. The predicted octanol–water partition coefficient (Wildman–Crippen LogP) is 1.51. The highest BCUT2D eigenvalue weighted by atomic mass is 19.4. The van der Waals surface area contributed by atoms with Gasteiger partial charge in [0.25, 0.3) is 0 Å². The molecule has 0 spiro atoms. The van der Waals surface area contributed by atoms with Gasteiger partial charge in [-0.2, -0.15) is 13.2 Å². The second-order valence-electron chi connectivity index (χ2n) is 5.30. The Bertz CT molecular complexity index is 570. The number of rotatable bonds is 5. The molecule has 120 valence electrons. The first-order chi connectivity index (χ1) is 10.3. The van der Waals surface area contributed by atoms with E-state index in [0.29, 0.717) is 0 Å². The van der Waals surface area contributed by atoms with Crippen LogP contribution in [-0.4, -0.2) is 31.1 Å². The van der Waals surface area contributed by atoms with Crippen molar-refractivity contribution >= 4 is 11.8 Å². The van der Waals surface area contributed by atoms with Crippen molar-refractivity contribution in [3.05, 3.63) is 34.9 Å². The molecular formula is C15H17F3N2O2. The quantitative estimate of drug-likeness (QED) is 0.865. The van der Waals surface area contributed by atoms with Gasteiger partial charge < -0.3 is 10.6 Å². The molecule has 0 radical (unpaired) electrons. The Hall–Kier alpha value is -2.05. The summed E-state index contributed by atoms with van der Waals surface area (Å²) in [6.45, 7) is -1.85. The standard InChI is InChI=1S/C15H17F3N2O2/c16-15(17,18)9-20-14(22)8-19-13(21)7-10-4-5-11-2-1-3-12(11)6-10/h4-6H,1-3,7-9H2,(H,19,21)(H,20,22). The number of aryl methyl sites for hydroxylation is 2. The Kier molecular flexibility index (Phi) is 5.05. The van der Waals surface area contributed by atoms with Gasteiger partial charge in [-0.25, -0.2) is 0 Å². The summed E-state index contributed by atoms with van der Waals surface area (Å²) in [5, 5.41) is 4.01. The summed E-state index contributed by atoms with van der Waals surface area (Å²) in [7, 11) is 0. The fourth-order valence-electron chi connectivity index (χ4n) is 2.42. The molecule has 0 fully saturated rings. The largest absolute Gasteiger partial charge is 0.405 e. The zero-order valence-electron chi connectivity index (χ0n) is 11.9. The third-order valence-electron chi connectivity index (χ3n) is 3.46. The predicted molar refractivity (Wildman–Crippen MR) is 74.2 cm³/mol. The molecule has 4 nitrogen and oxygen atoms in total. The molecule has 1 aliphatic carbocycles. The lowest BCUT2D eigenvalue weighted by molar-refractivity contribution is -0.138. The minimum atomic E-state index is -4.45. The minimum absolute atomic E-state index is 0.111. The zero-order valence-corrected chi connectivity index (χ0v) is 11.9. The highest BCUT2D eigenvalue weighted by Crippen LogP contribution is 2.22. The molecule has 2 rings (SSSR count). The zero-order chi connectivity index (χ0) is 16.2. The molecule has 7 heteroatoms. The van der Waals surface area contributed by atoms with Gasteiger partial charge in [0.05, 0.1) is 13.0 Å². The average Bonchev–Trinajstić information content (AvgIpc) is 2.89. The second-order valence-corrected chi connectivity index (χ2v) is 5.30. The van der Waals surface area contributed by atoms with E-state index in [2.05, 4.69) is 5.32 Å². The van der Waals surface area contributed by atoms with Crippen LogP contribution in [0.2, 0.25) is 0 Å². The van der Waals surface area contributed by atoms with Crippen LogP contribution in [0.1, 0.15) is 23.1 Å². The number of alkyl halides is 3. The lowest BCUT2D eigenvalue weighted by atomic mass is 10.0. The van der Waals surface area contributed by atoms with E-state index in [1.165, 1.54) is 11.1 Å². The van der Waals surface area contributed by atoms with E-state index < -0.39 is 25.2 Å². The van der Waals surface area contributed by atoms with Crippen LogP contribution in [-0.2, 0) is 28.9 Å². The van der Waals surface area contributed by atoms with Gasteiger partial charge in [-0.1, -0.05) is 18.2 Å². The maximum absolute atomic E-state index is 11.9. The molecule has 22 heavy (non-hydrogen) atoms. The minimum Gasteiger partial charge on any atom is -0.347 e. The maximum Gasteiger partial charge on any atom is 0.405 e. The van der Waals surface area contributed by atoms with Gasteiger partial charge in [-0.3, -0.25) is 9.59 Å². The van der Waals surface area contributed by atoms with Crippen LogP contribution in [0.15, 0.2) is 18.2 Å². The van der Waals surface area contributed by atoms with E-state index >= 15 is 0 Å². The Morgan fingerprint density at radius 3 is 2.50 bits per heavy atom. The summed E-state index contributed by atoms with van der Waals surface area (Å²) in [6.07, 6.45) is -1.17. The van der Waals surface area contributed by atoms with Gasteiger partial charge in [-0.15, -0.1) is 0 Å². The molecule has 2 N–H and O–H groups in total. The first-order valence-electron chi connectivity index (χ1n) is 7.04. The monoisotopic (exact) mass is 314 g/mol. The van der Waals surface area contributed by atoms with Gasteiger partial charge in [0, 0.05) is 0 Å². The van der Waals surface area contributed by atoms with E-state index in [1.54, 1.807) is 5.32 Å². The number of hydrogen-bond acceptors (Lipinski definition) is 2. The molecule has 0 aliphatic heterocycles. The molecule has 1 aromatic carbocycles. The van der Waals surface area contributed by atoms with Crippen LogP contribution in [0.3, 0.4) is 0 Å². The van der Waals surface area contributed by atoms with Gasteiger partial charge in [0.1, 0.15) is 6.54 Å². The van der Waals surface area contributed by atoms with Gasteiger partial charge >= 0.3 is 6.18 Å². The molecular weight excluding hydrogens is 297 g/mol. The fourth-order valence-corrected chi connectivity index (χ4v) is 2.42. The number of carbonyl (C=O) groups excluding carboxylic acids is 2. The van der Waals surface area contributed by atoms with Gasteiger partial charge in [-0.05, 0) is 36.0 Å². The first kappa shape index (κ1) is 16.3. The van der Waals surface area contributed by atoms with Crippen molar-refractivity contribution in [2.75, 3.05) is 13.1 Å². The highest BCUT2D eigenvalue weighted by Gasteiger charge is 2.27. The van der Waals surface area contributed by atoms with Crippen molar-refractivity contribution in [3.63, 3.8) is 0 Å². The van der Waals surface area contributed by atoms with Crippen LogP contribution in [0.5, 0.6) is 0 Å². The molecule has 0 saturated carbocycles. The lowest BCUT2D eigenvalue weighted by Gasteiger charge is -2.09. The maximum atomic E-state index is 11.9. The summed E-state index contributed by atoms with van der Waals surface area (Å²) in [6, 6.07) is 5.85. The SMILES string of the molecule is O=C(CNC(=O)Cc1ccc2c(c1)CCC2)NCC(F)(F)F. The topological polar surface area (TPSA) is 58.2 Å². The highest BCUT2D eigenvalue weighted by molar-refractivity contribution is 5.85. The van der Waals surface area contributed by atoms with Crippen LogP contribution in [0.4, 0.5) is 13.2 Å². The Morgan fingerprint density at radius 2 is 1.77 bits per heavy atom. The van der Waals surface area contributed by atoms with Crippen LogP contribution < -0.4 is 10.6 Å². The van der Waals surface area contributed by atoms with Gasteiger partial charge in [0.15, 0.2) is 0 Å². The van der Waals surface area contributed by atoms with Crippen molar-refractivity contribution in [1.29, 1.82) is 0 Å². The van der Waals surface area contributed by atoms with Crippen LogP contribution >= 0.6 is 0 Å². The number of carbonyl (C=O) groups is 2. The average molecular weight is 314 g/mol. The lowest BCUT2D eigenvalue weighted by Crippen LogP contribution is -2.41. The Balaban J connectivity index is 1.75. The molecule has 1 aromatic rings. The number of amides is 2. The van der Waals surface area contributed by atoms with Crippen LogP contribution in [0.25, 0.3) is 0 Å². The number of benzene rings is 1. The smallest absolute Gasteiger partial charge is 0.347 e. The molecule has 1 aliphatic rings.